The van der Waals surface area contributed by atoms with Crippen molar-refractivity contribution >= 4 is 33.4 Å². The Morgan fingerprint density at radius 3 is 2.70 bits per heavy atom. The molecule has 1 fully saturated rings. The molecule has 0 saturated heterocycles. The second-order valence-electron chi connectivity index (χ2n) is 5.37. The molecule has 0 radical (unpaired) electrons. The number of carbonyl (C=O) groups is 2. The molecule has 1 aromatic rings. The van der Waals surface area contributed by atoms with Gasteiger partial charge in [-0.05, 0) is 43.0 Å². The average molecular weight is 339 g/mol. The number of anilines is 1. The number of hydrogen-bond acceptors (Lipinski definition) is 2. The fourth-order valence-electron chi connectivity index (χ4n) is 2.10. The van der Waals surface area contributed by atoms with Crippen LogP contribution in [0.15, 0.2) is 22.7 Å². The molecule has 0 aromatic heterocycles. The van der Waals surface area contributed by atoms with Gasteiger partial charge in [0.15, 0.2) is 0 Å². The quantitative estimate of drug-likeness (QED) is 0.867. The first-order valence-corrected chi connectivity index (χ1v) is 7.60. The standard InChI is InChI=1S/C15H19BrN2O2/c1-9-8-12(9)15(20)17-6-5-14(19)18-13-4-3-11(16)7-10(13)2/h3-4,7,9,12H,5-6,8H2,1-2H3,(H,17,20)(H,18,19). The molecule has 0 aliphatic heterocycles. The van der Waals surface area contributed by atoms with Crippen LogP contribution in [0.4, 0.5) is 5.69 Å². The zero-order chi connectivity index (χ0) is 14.7. The van der Waals surface area contributed by atoms with Crippen LogP contribution in [0.1, 0.15) is 25.3 Å². The van der Waals surface area contributed by atoms with Gasteiger partial charge in [0.05, 0.1) is 0 Å². The summed E-state index contributed by atoms with van der Waals surface area (Å²) in [4.78, 5) is 23.4. The Hall–Kier alpha value is -1.36. The van der Waals surface area contributed by atoms with Crippen LogP contribution >= 0.6 is 15.9 Å². The summed E-state index contributed by atoms with van der Waals surface area (Å²) in [5.41, 5.74) is 1.81. The van der Waals surface area contributed by atoms with Gasteiger partial charge < -0.3 is 10.6 Å². The van der Waals surface area contributed by atoms with E-state index >= 15 is 0 Å². The van der Waals surface area contributed by atoms with Crippen LogP contribution in [0.25, 0.3) is 0 Å². The van der Waals surface area contributed by atoms with E-state index in [-0.39, 0.29) is 17.7 Å². The van der Waals surface area contributed by atoms with E-state index in [9.17, 15) is 9.59 Å². The average Bonchev–Trinajstić information content (AvgIpc) is 3.10. The molecule has 2 atom stereocenters. The second kappa shape index (κ2) is 6.39. The van der Waals surface area contributed by atoms with E-state index < -0.39 is 0 Å². The first kappa shape index (κ1) is 15.0. The molecule has 2 unspecified atom stereocenters. The number of carbonyl (C=O) groups excluding carboxylic acids is 2. The first-order valence-electron chi connectivity index (χ1n) is 6.81. The number of halogens is 1. The highest BCUT2D eigenvalue weighted by Crippen LogP contribution is 2.37. The molecule has 2 rings (SSSR count). The zero-order valence-corrected chi connectivity index (χ0v) is 13.3. The minimum Gasteiger partial charge on any atom is -0.355 e. The molecule has 4 nitrogen and oxygen atoms in total. The molecule has 2 amide bonds. The molecule has 1 saturated carbocycles. The molecule has 1 aliphatic rings. The maximum atomic E-state index is 11.8. The number of rotatable bonds is 5. The van der Waals surface area contributed by atoms with Gasteiger partial charge in [0.2, 0.25) is 11.8 Å². The van der Waals surface area contributed by atoms with Gasteiger partial charge in [-0.25, -0.2) is 0 Å². The third-order valence-electron chi connectivity index (χ3n) is 3.56. The topological polar surface area (TPSA) is 58.2 Å². The first-order chi connectivity index (χ1) is 9.47. The van der Waals surface area contributed by atoms with Crippen molar-refractivity contribution in [2.45, 2.75) is 26.7 Å². The van der Waals surface area contributed by atoms with Crippen molar-refractivity contribution in [2.24, 2.45) is 11.8 Å². The van der Waals surface area contributed by atoms with Crippen LogP contribution in [0.5, 0.6) is 0 Å². The third kappa shape index (κ3) is 4.07. The summed E-state index contributed by atoms with van der Waals surface area (Å²) in [6, 6.07) is 5.70. The maximum Gasteiger partial charge on any atom is 0.226 e. The lowest BCUT2D eigenvalue weighted by atomic mass is 10.2. The van der Waals surface area contributed by atoms with Gasteiger partial charge in [0.1, 0.15) is 0 Å². The van der Waals surface area contributed by atoms with Crippen molar-refractivity contribution < 1.29 is 9.59 Å². The van der Waals surface area contributed by atoms with Crippen LogP contribution in [0, 0.1) is 18.8 Å². The Morgan fingerprint density at radius 2 is 2.10 bits per heavy atom. The predicted octanol–water partition coefficient (Wildman–Crippen LogP) is 2.86. The van der Waals surface area contributed by atoms with Gasteiger partial charge in [-0.3, -0.25) is 9.59 Å². The summed E-state index contributed by atoms with van der Waals surface area (Å²) in [7, 11) is 0. The molecule has 1 aliphatic carbocycles. The SMILES string of the molecule is Cc1cc(Br)ccc1NC(=O)CCNC(=O)C1CC1C. The molecular formula is C15H19BrN2O2. The summed E-state index contributed by atoms with van der Waals surface area (Å²) in [5, 5.41) is 5.66. The number of amides is 2. The van der Waals surface area contributed by atoms with E-state index in [1.54, 1.807) is 0 Å². The summed E-state index contributed by atoms with van der Waals surface area (Å²) in [6.07, 6.45) is 1.26. The van der Waals surface area contributed by atoms with Crippen molar-refractivity contribution in [3.8, 4) is 0 Å². The third-order valence-corrected chi connectivity index (χ3v) is 4.05. The number of nitrogens with one attached hydrogen (secondary N) is 2. The van der Waals surface area contributed by atoms with Crippen LogP contribution < -0.4 is 10.6 Å². The minimum absolute atomic E-state index is 0.0742. The largest absolute Gasteiger partial charge is 0.355 e. The molecule has 2 N–H and O–H groups in total. The lowest BCUT2D eigenvalue weighted by molar-refractivity contribution is -0.122. The summed E-state index contributed by atoms with van der Waals surface area (Å²) < 4.78 is 0.985. The molecule has 0 heterocycles. The van der Waals surface area contributed by atoms with Crippen LogP contribution in [-0.2, 0) is 9.59 Å². The normalized spacial score (nSPS) is 20.4. The van der Waals surface area contributed by atoms with Crippen LogP contribution in [-0.4, -0.2) is 18.4 Å². The summed E-state index contributed by atoms with van der Waals surface area (Å²) in [6.45, 7) is 4.40. The Labute approximate surface area is 127 Å². The van der Waals surface area contributed by atoms with E-state index in [4.69, 9.17) is 0 Å². The number of aryl methyl sites for hydroxylation is 1. The van der Waals surface area contributed by atoms with E-state index in [1.165, 1.54) is 0 Å². The smallest absolute Gasteiger partial charge is 0.226 e. The van der Waals surface area contributed by atoms with E-state index in [1.807, 2.05) is 25.1 Å². The van der Waals surface area contributed by atoms with Crippen molar-refractivity contribution in [2.75, 3.05) is 11.9 Å². The molecule has 20 heavy (non-hydrogen) atoms. The summed E-state index contributed by atoms with van der Waals surface area (Å²) in [5.74, 6) is 0.644. The number of benzene rings is 1. The Kier molecular flexibility index (Phi) is 4.81. The van der Waals surface area contributed by atoms with E-state index in [0.29, 0.717) is 18.9 Å². The highest BCUT2D eigenvalue weighted by atomic mass is 79.9. The molecule has 5 heteroatoms. The number of hydrogen-bond donors (Lipinski definition) is 2. The van der Waals surface area contributed by atoms with E-state index in [2.05, 4.69) is 33.5 Å². The maximum absolute atomic E-state index is 11.8. The molecule has 108 valence electrons. The van der Waals surface area contributed by atoms with Gasteiger partial charge in [-0.2, -0.15) is 0 Å². The van der Waals surface area contributed by atoms with Crippen molar-refractivity contribution in [3.05, 3.63) is 28.2 Å². The lowest BCUT2D eigenvalue weighted by Gasteiger charge is -2.09. The highest BCUT2D eigenvalue weighted by molar-refractivity contribution is 9.10. The van der Waals surface area contributed by atoms with Gasteiger partial charge in [0, 0.05) is 29.0 Å². The van der Waals surface area contributed by atoms with E-state index in [0.717, 1.165) is 22.1 Å². The Bertz CT molecular complexity index is 531. The van der Waals surface area contributed by atoms with Crippen molar-refractivity contribution in [1.29, 1.82) is 0 Å². The van der Waals surface area contributed by atoms with Gasteiger partial charge in [0.25, 0.3) is 0 Å². The van der Waals surface area contributed by atoms with Gasteiger partial charge in [-0.1, -0.05) is 22.9 Å². The monoisotopic (exact) mass is 338 g/mol. The Morgan fingerprint density at radius 1 is 1.40 bits per heavy atom. The predicted molar refractivity (Wildman–Crippen MR) is 82.4 cm³/mol. The van der Waals surface area contributed by atoms with Crippen LogP contribution in [0.3, 0.4) is 0 Å². The second-order valence-corrected chi connectivity index (χ2v) is 6.28. The van der Waals surface area contributed by atoms with Crippen molar-refractivity contribution in [3.63, 3.8) is 0 Å². The van der Waals surface area contributed by atoms with Gasteiger partial charge >= 0.3 is 0 Å². The van der Waals surface area contributed by atoms with Crippen molar-refractivity contribution in [1.82, 2.24) is 5.32 Å². The fourth-order valence-corrected chi connectivity index (χ4v) is 2.57. The fraction of sp³-hybridized carbons (Fsp3) is 0.467. The van der Waals surface area contributed by atoms with Crippen LogP contribution in [0.2, 0.25) is 0 Å². The molecule has 0 bridgehead atoms. The summed E-state index contributed by atoms with van der Waals surface area (Å²) >= 11 is 3.38. The molecular weight excluding hydrogens is 320 g/mol. The zero-order valence-electron chi connectivity index (χ0n) is 11.7. The Balaban J connectivity index is 1.73. The van der Waals surface area contributed by atoms with Gasteiger partial charge in [-0.15, -0.1) is 0 Å². The highest BCUT2D eigenvalue weighted by Gasteiger charge is 2.38. The minimum atomic E-state index is -0.0837. The molecule has 1 aromatic carbocycles. The molecule has 0 spiro atoms. The lowest BCUT2D eigenvalue weighted by Crippen LogP contribution is -2.29.